The maximum atomic E-state index is 12.1. The fourth-order valence-corrected chi connectivity index (χ4v) is 2.88. The van der Waals surface area contributed by atoms with E-state index in [4.69, 9.17) is 0 Å². The first-order valence-electron chi connectivity index (χ1n) is 8.89. The molecule has 132 valence electrons. The highest BCUT2D eigenvalue weighted by atomic mass is 16.2. The average Bonchev–Trinajstić information content (AvgIpc) is 2.55. The molecule has 1 aliphatic rings. The Morgan fingerprint density at radius 2 is 1.79 bits per heavy atom. The largest absolute Gasteiger partial charge is 0.353 e. The van der Waals surface area contributed by atoms with Crippen molar-refractivity contribution in [3.05, 3.63) is 30.3 Å². The molecule has 0 spiro atoms. The average molecular weight is 331 g/mol. The van der Waals surface area contributed by atoms with Crippen molar-refractivity contribution in [2.75, 3.05) is 25.0 Å². The Hall–Kier alpha value is -1.88. The van der Waals surface area contributed by atoms with Gasteiger partial charge in [0.2, 0.25) is 11.8 Å². The summed E-state index contributed by atoms with van der Waals surface area (Å²) in [6.07, 6.45) is 3.36. The van der Waals surface area contributed by atoms with Crippen LogP contribution in [0.15, 0.2) is 30.3 Å². The zero-order valence-electron chi connectivity index (χ0n) is 14.8. The van der Waals surface area contributed by atoms with Crippen LogP contribution in [0.2, 0.25) is 0 Å². The van der Waals surface area contributed by atoms with Crippen LogP contribution in [0.25, 0.3) is 0 Å². The second-order valence-electron chi connectivity index (χ2n) is 6.96. The molecule has 1 fully saturated rings. The molecule has 24 heavy (non-hydrogen) atoms. The summed E-state index contributed by atoms with van der Waals surface area (Å²) >= 11 is 0. The van der Waals surface area contributed by atoms with Crippen LogP contribution in [0.3, 0.4) is 0 Å². The standard InChI is InChI=1S/C19H29N3O2/c1-15(2)8-9-18(23)20-17-10-12-22(13-11-17)14-19(24)21-16-6-4-3-5-7-16/h3-7,15,17H,8-14H2,1-2H3,(H,20,23)(H,21,24). The van der Waals surface area contributed by atoms with Crippen LogP contribution in [0.5, 0.6) is 0 Å². The van der Waals surface area contributed by atoms with Gasteiger partial charge in [0.15, 0.2) is 0 Å². The molecule has 2 N–H and O–H groups in total. The van der Waals surface area contributed by atoms with E-state index in [2.05, 4.69) is 29.4 Å². The number of amides is 2. The van der Waals surface area contributed by atoms with Crippen LogP contribution in [0, 0.1) is 5.92 Å². The Balaban J connectivity index is 1.65. The number of hydrogen-bond acceptors (Lipinski definition) is 3. The van der Waals surface area contributed by atoms with Crippen LogP contribution < -0.4 is 10.6 Å². The van der Waals surface area contributed by atoms with Gasteiger partial charge in [-0.2, -0.15) is 0 Å². The van der Waals surface area contributed by atoms with E-state index >= 15 is 0 Å². The van der Waals surface area contributed by atoms with E-state index in [0.29, 0.717) is 18.9 Å². The van der Waals surface area contributed by atoms with E-state index in [0.717, 1.165) is 38.0 Å². The normalized spacial score (nSPS) is 16.1. The Morgan fingerprint density at radius 3 is 2.42 bits per heavy atom. The summed E-state index contributed by atoms with van der Waals surface area (Å²) in [6.45, 7) is 6.36. The van der Waals surface area contributed by atoms with Gasteiger partial charge in [0.05, 0.1) is 6.54 Å². The lowest BCUT2D eigenvalue weighted by molar-refractivity contribution is -0.123. The minimum absolute atomic E-state index is 0.0145. The molecule has 0 unspecified atom stereocenters. The zero-order chi connectivity index (χ0) is 17.4. The number of hydrogen-bond donors (Lipinski definition) is 2. The van der Waals surface area contributed by atoms with E-state index in [1.807, 2.05) is 30.3 Å². The maximum Gasteiger partial charge on any atom is 0.238 e. The topological polar surface area (TPSA) is 61.4 Å². The summed E-state index contributed by atoms with van der Waals surface area (Å²) in [7, 11) is 0. The van der Waals surface area contributed by atoms with Gasteiger partial charge in [-0.25, -0.2) is 0 Å². The summed E-state index contributed by atoms with van der Waals surface area (Å²) in [5.41, 5.74) is 0.829. The van der Waals surface area contributed by atoms with Crippen LogP contribution in [-0.4, -0.2) is 42.4 Å². The van der Waals surface area contributed by atoms with Gasteiger partial charge >= 0.3 is 0 Å². The Bertz CT molecular complexity index is 523. The molecule has 0 atom stereocenters. The molecule has 1 heterocycles. The minimum atomic E-state index is 0.0145. The SMILES string of the molecule is CC(C)CCC(=O)NC1CCN(CC(=O)Nc2ccccc2)CC1. The highest BCUT2D eigenvalue weighted by molar-refractivity contribution is 5.92. The predicted octanol–water partition coefficient (Wildman–Crippen LogP) is 2.64. The lowest BCUT2D eigenvalue weighted by Gasteiger charge is -2.31. The molecule has 0 saturated carbocycles. The Kier molecular flexibility index (Phi) is 7.25. The first kappa shape index (κ1) is 18.5. The van der Waals surface area contributed by atoms with Gasteiger partial charge < -0.3 is 10.6 Å². The summed E-state index contributed by atoms with van der Waals surface area (Å²) in [5.74, 6) is 0.727. The first-order chi connectivity index (χ1) is 11.5. The quantitative estimate of drug-likeness (QED) is 0.807. The van der Waals surface area contributed by atoms with Gasteiger partial charge in [0.1, 0.15) is 0 Å². The van der Waals surface area contributed by atoms with Gasteiger partial charge in [-0.05, 0) is 37.3 Å². The number of piperidine rings is 1. The molecule has 5 heteroatoms. The van der Waals surface area contributed by atoms with Crippen LogP contribution >= 0.6 is 0 Å². The molecular weight excluding hydrogens is 302 g/mol. The summed E-state index contributed by atoms with van der Waals surface area (Å²) in [5, 5.41) is 6.03. The number of anilines is 1. The maximum absolute atomic E-state index is 12.1. The van der Waals surface area contributed by atoms with Gasteiger partial charge in [-0.15, -0.1) is 0 Å². The molecule has 1 aromatic rings. The highest BCUT2D eigenvalue weighted by Gasteiger charge is 2.22. The van der Waals surface area contributed by atoms with E-state index in [-0.39, 0.29) is 17.9 Å². The number of carbonyl (C=O) groups is 2. The van der Waals surface area contributed by atoms with E-state index in [1.54, 1.807) is 0 Å². The van der Waals surface area contributed by atoms with Crippen LogP contribution in [0.4, 0.5) is 5.69 Å². The van der Waals surface area contributed by atoms with Crippen molar-refractivity contribution in [3.63, 3.8) is 0 Å². The number of carbonyl (C=O) groups excluding carboxylic acids is 2. The van der Waals surface area contributed by atoms with Crippen molar-refractivity contribution in [2.45, 2.75) is 45.6 Å². The number of para-hydroxylation sites is 1. The molecular formula is C19H29N3O2. The van der Waals surface area contributed by atoms with Crippen molar-refractivity contribution in [3.8, 4) is 0 Å². The van der Waals surface area contributed by atoms with E-state index in [1.165, 1.54) is 0 Å². The zero-order valence-corrected chi connectivity index (χ0v) is 14.8. The summed E-state index contributed by atoms with van der Waals surface area (Å²) in [6, 6.07) is 9.76. The van der Waals surface area contributed by atoms with Crippen LogP contribution in [0.1, 0.15) is 39.5 Å². The second-order valence-corrected chi connectivity index (χ2v) is 6.96. The predicted molar refractivity (Wildman–Crippen MR) is 96.7 cm³/mol. The number of likely N-dealkylation sites (tertiary alicyclic amines) is 1. The third kappa shape index (κ3) is 6.71. The van der Waals surface area contributed by atoms with Crippen molar-refractivity contribution < 1.29 is 9.59 Å². The minimum Gasteiger partial charge on any atom is -0.353 e. The fraction of sp³-hybridized carbons (Fsp3) is 0.579. The lowest BCUT2D eigenvalue weighted by atomic mass is 10.0. The number of benzene rings is 1. The molecule has 0 bridgehead atoms. The molecule has 0 radical (unpaired) electrons. The lowest BCUT2D eigenvalue weighted by Crippen LogP contribution is -2.46. The van der Waals surface area contributed by atoms with E-state index in [9.17, 15) is 9.59 Å². The number of nitrogens with one attached hydrogen (secondary N) is 2. The van der Waals surface area contributed by atoms with Crippen molar-refractivity contribution >= 4 is 17.5 Å². The molecule has 5 nitrogen and oxygen atoms in total. The molecule has 1 saturated heterocycles. The van der Waals surface area contributed by atoms with Crippen LogP contribution in [-0.2, 0) is 9.59 Å². The first-order valence-corrected chi connectivity index (χ1v) is 8.89. The van der Waals surface area contributed by atoms with Gasteiger partial charge in [-0.3, -0.25) is 14.5 Å². The van der Waals surface area contributed by atoms with Gasteiger partial charge in [0.25, 0.3) is 0 Å². The molecule has 0 aliphatic carbocycles. The fourth-order valence-electron chi connectivity index (χ4n) is 2.88. The molecule has 2 rings (SSSR count). The number of rotatable bonds is 7. The number of nitrogens with zero attached hydrogens (tertiary/aromatic N) is 1. The van der Waals surface area contributed by atoms with Crippen molar-refractivity contribution in [2.24, 2.45) is 5.92 Å². The smallest absolute Gasteiger partial charge is 0.238 e. The highest BCUT2D eigenvalue weighted by Crippen LogP contribution is 2.12. The molecule has 2 amide bonds. The van der Waals surface area contributed by atoms with Crippen molar-refractivity contribution in [1.82, 2.24) is 10.2 Å². The summed E-state index contributed by atoms with van der Waals surface area (Å²) in [4.78, 5) is 26.1. The molecule has 1 aromatic carbocycles. The summed E-state index contributed by atoms with van der Waals surface area (Å²) < 4.78 is 0. The Labute approximate surface area is 144 Å². The molecule has 1 aliphatic heterocycles. The van der Waals surface area contributed by atoms with Gasteiger partial charge in [-0.1, -0.05) is 32.0 Å². The van der Waals surface area contributed by atoms with E-state index < -0.39 is 0 Å². The second kappa shape index (κ2) is 9.42. The monoisotopic (exact) mass is 331 g/mol. The van der Waals surface area contributed by atoms with Gasteiger partial charge in [0, 0.05) is 31.2 Å². The third-order valence-electron chi connectivity index (χ3n) is 4.33. The Morgan fingerprint density at radius 1 is 1.12 bits per heavy atom. The van der Waals surface area contributed by atoms with Crippen molar-refractivity contribution in [1.29, 1.82) is 0 Å². The molecule has 0 aromatic heterocycles. The third-order valence-corrected chi connectivity index (χ3v) is 4.33.